The van der Waals surface area contributed by atoms with Crippen molar-refractivity contribution in [2.45, 2.75) is 95.2 Å². The van der Waals surface area contributed by atoms with Crippen molar-refractivity contribution in [3.05, 3.63) is 93.8 Å². The Hall–Kier alpha value is -3.14. The van der Waals surface area contributed by atoms with Gasteiger partial charge in [0.15, 0.2) is 0 Å². The average Bonchev–Trinajstić information content (AvgIpc) is 3.76. The van der Waals surface area contributed by atoms with Gasteiger partial charge in [-0.1, -0.05) is 86.3 Å². The predicted molar refractivity (Wildman–Crippen MR) is 192 cm³/mol. The molecular formula is C39H46N2O5S2. The first-order chi connectivity index (χ1) is 23.1. The van der Waals surface area contributed by atoms with E-state index in [4.69, 9.17) is 0 Å². The number of fused-ring (bicyclic) bond motifs is 2. The summed E-state index contributed by atoms with van der Waals surface area (Å²) in [5.74, 6) is 0.627. The van der Waals surface area contributed by atoms with Crippen LogP contribution in [0.5, 0.6) is 0 Å². The quantitative estimate of drug-likeness (QED) is 0.165. The second kappa shape index (κ2) is 14.8. The Kier molecular flexibility index (Phi) is 10.7. The third-order valence-corrected chi connectivity index (χ3v) is 13.1. The van der Waals surface area contributed by atoms with Crippen LogP contribution < -0.4 is 0 Å². The van der Waals surface area contributed by atoms with Gasteiger partial charge in [-0.2, -0.15) is 0 Å². The number of aliphatic hydroxyl groups is 1. The number of nitrogens with zero attached hydrogens (tertiary/aromatic N) is 2. The Morgan fingerprint density at radius 3 is 1.46 bits per heavy atom. The number of benzene rings is 2. The molecule has 0 saturated carbocycles. The molecule has 4 amide bonds. The van der Waals surface area contributed by atoms with E-state index in [-0.39, 0.29) is 35.5 Å². The lowest BCUT2D eigenvalue weighted by atomic mass is 9.82. The number of carbonyl (C=O) groups is 4. The van der Waals surface area contributed by atoms with Crippen LogP contribution in [0, 0.1) is 11.8 Å². The van der Waals surface area contributed by atoms with Crippen LogP contribution in [0.25, 0.3) is 0 Å². The number of carbonyl (C=O) groups excluding carboxylic acids is 4. The number of hydrogen-bond acceptors (Lipinski definition) is 7. The summed E-state index contributed by atoms with van der Waals surface area (Å²) >= 11 is 3.23. The second-order valence-electron chi connectivity index (χ2n) is 13.9. The Balaban J connectivity index is 1.04. The zero-order chi connectivity index (χ0) is 33.9. The van der Waals surface area contributed by atoms with Gasteiger partial charge in [0, 0.05) is 22.0 Å². The number of rotatable bonds is 14. The van der Waals surface area contributed by atoms with Crippen LogP contribution in [-0.4, -0.2) is 56.1 Å². The third kappa shape index (κ3) is 6.83. The summed E-state index contributed by atoms with van der Waals surface area (Å²) in [7, 11) is 0. The smallest absolute Gasteiger partial charge is 0.254 e. The number of hydrogen-bond donors (Lipinski definition) is 1. The highest BCUT2D eigenvalue weighted by molar-refractivity contribution is 8.03. The van der Waals surface area contributed by atoms with Gasteiger partial charge >= 0.3 is 0 Å². The maximum absolute atomic E-state index is 13.6. The predicted octanol–water partition coefficient (Wildman–Crippen LogP) is 7.31. The molecule has 48 heavy (non-hydrogen) atoms. The van der Waals surface area contributed by atoms with Gasteiger partial charge in [-0.25, -0.2) is 0 Å². The van der Waals surface area contributed by atoms with E-state index >= 15 is 0 Å². The van der Waals surface area contributed by atoms with E-state index in [2.05, 4.69) is 0 Å². The molecule has 6 rings (SSSR count). The van der Waals surface area contributed by atoms with Crippen molar-refractivity contribution in [1.82, 2.24) is 9.80 Å². The van der Waals surface area contributed by atoms with E-state index in [0.29, 0.717) is 25.7 Å². The van der Waals surface area contributed by atoms with Crippen LogP contribution in [0.15, 0.2) is 82.6 Å². The molecule has 4 unspecified atom stereocenters. The van der Waals surface area contributed by atoms with Crippen LogP contribution in [0.3, 0.4) is 0 Å². The van der Waals surface area contributed by atoms with Crippen LogP contribution in [-0.2, 0) is 30.3 Å². The Morgan fingerprint density at radius 2 is 1.06 bits per heavy atom. The summed E-state index contributed by atoms with van der Waals surface area (Å²) in [5, 5.41) is 11.0. The molecule has 2 aromatic carbocycles. The van der Waals surface area contributed by atoms with Crippen LogP contribution >= 0.6 is 23.5 Å². The van der Waals surface area contributed by atoms with Crippen molar-refractivity contribution in [3.63, 3.8) is 0 Å². The fourth-order valence-corrected chi connectivity index (χ4v) is 10.3. The van der Waals surface area contributed by atoms with E-state index in [1.54, 1.807) is 35.7 Å². The Labute approximate surface area is 292 Å². The summed E-state index contributed by atoms with van der Waals surface area (Å²) in [6.07, 6.45) is 9.93. The molecule has 1 N–H and O–H groups in total. The molecule has 9 heteroatoms. The first-order valence-corrected chi connectivity index (χ1v) is 19.3. The molecule has 0 radical (unpaired) electrons. The van der Waals surface area contributed by atoms with Gasteiger partial charge in [0.2, 0.25) is 11.8 Å². The largest absolute Gasteiger partial charge is 0.393 e. The normalized spacial score (nSPS) is 24.1. The SMILES string of the molecule is CC(CCCCC(O)CCCCC(C)(c1ccccc1)N1C(=O)C=C2SCCC2C1=O)(c1ccccc1)N1C(=O)C=C2SCCC2C1=O. The van der Waals surface area contributed by atoms with Crippen molar-refractivity contribution in [3.8, 4) is 0 Å². The van der Waals surface area contributed by atoms with Crippen LogP contribution in [0.2, 0.25) is 0 Å². The summed E-state index contributed by atoms with van der Waals surface area (Å²) in [4.78, 5) is 58.7. The van der Waals surface area contributed by atoms with Gasteiger partial charge in [0.05, 0.1) is 29.0 Å². The van der Waals surface area contributed by atoms with Crippen molar-refractivity contribution in [2.24, 2.45) is 11.8 Å². The lowest BCUT2D eigenvalue weighted by molar-refractivity contribution is -0.154. The number of aliphatic hydroxyl groups excluding tert-OH is 1. The molecule has 2 aromatic rings. The molecule has 0 aromatic heterocycles. The second-order valence-corrected chi connectivity index (χ2v) is 16.3. The monoisotopic (exact) mass is 686 g/mol. The minimum absolute atomic E-state index is 0.0945. The van der Waals surface area contributed by atoms with Gasteiger partial charge in [-0.15, -0.1) is 23.5 Å². The number of thioether (sulfide) groups is 2. The lowest BCUT2D eigenvalue weighted by Gasteiger charge is -2.43. The van der Waals surface area contributed by atoms with E-state index in [9.17, 15) is 24.3 Å². The zero-order valence-corrected chi connectivity index (χ0v) is 29.6. The minimum atomic E-state index is -0.770. The standard InChI is InChI=1S/C39H46N2O5S2/c1-38(27-13-5-3-6-14-27,40-34(43)25-32-30(36(40)45)19-23-47-32)21-11-9-17-29(42)18-10-12-22-39(2,28-15-7-4-8-16-28)41-35(44)26-33-31(37(41)46)20-24-48-33/h3-8,13-16,25-26,29-31,42H,9-12,17-24H2,1-2H3. The summed E-state index contributed by atoms with van der Waals surface area (Å²) < 4.78 is 0. The summed E-state index contributed by atoms with van der Waals surface area (Å²) in [6.45, 7) is 4.00. The van der Waals surface area contributed by atoms with Gasteiger partial charge in [0.1, 0.15) is 0 Å². The highest BCUT2D eigenvalue weighted by atomic mass is 32.2. The molecular weight excluding hydrogens is 641 g/mol. The molecule has 0 bridgehead atoms. The number of imide groups is 2. The van der Waals surface area contributed by atoms with Crippen molar-refractivity contribution in [2.75, 3.05) is 11.5 Å². The Bertz CT molecular complexity index is 1480. The first-order valence-electron chi connectivity index (χ1n) is 17.4. The lowest BCUT2D eigenvalue weighted by Crippen LogP contribution is -2.54. The van der Waals surface area contributed by atoms with Gasteiger partial charge in [-0.3, -0.25) is 29.0 Å². The fraction of sp³-hybridized carbons (Fsp3) is 0.487. The average molecular weight is 687 g/mol. The van der Waals surface area contributed by atoms with Crippen molar-refractivity contribution >= 4 is 47.2 Å². The molecule has 2 fully saturated rings. The maximum atomic E-state index is 13.6. The van der Waals surface area contributed by atoms with Crippen LogP contribution in [0.1, 0.15) is 89.2 Å². The molecule has 0 spiro atoms. The molecule has 2 saturated heterocycles. The van der Waals surface area contributed by atoms with Gasteiger partial charge in [-0.05, 0) is 75.0 Å². The van der Waals surface area contributed by atoms with E-state index in [1.165, 1.54) is 9.80 Å². The fourth-order valence-electron chi connectivity index (χ4n) is 7.93. The zero-order valence-electron chi connectivity index (χ0n) is 27.9. The summed E-state index contributed by atoms with van der Waals surface area (Å²) in [5.41, 5.74) is 0.350. The number of amides is 4. The van der Waals surface area contributed by atoms with Crippen LogP contribution in [0.4, 0.5) is 0 Å². The minimum Gasteiger partial charge on any atom is -0.393 e. The molecule has 4 atom stereocenters. The van der Waals surface area contributed by atoms with Crippen molar-refractivity contribution < 1.29 is 24.3 Å². The van der Waals surface area contributed by atoms with E-state index in [0.717, 1.165) is 71.0 Å². The summed E-state index contributed by atoms with van der Waals surface area (Å²) in [6, 6.07) is 19.7. The third-order valence-electron chi connectivity index (χ3n) is 10.7. The Morgan fingerprint density at radius 1 is 0.667 bits per heavy atom. The van der Waals surface area contributed by atoms with Gasteiger partial charge < -0.3 is 5.11 Å². The highest BCUT2D eigenvalue weighted by Crippen LogP contribution is 2.46. The molecule has 4 heterocycles. The van der Waals surface area contributed by atoms with E-state index in [1.807, 2.05) is 74.5 Å². The van der Waals surface area contributed by atoms with Gasteiger partial charge in [0.25, 0.3) is 11.8 Å². The highest BCUT2D eigenvalue weighted by Gasteiger charge is 2.48. The molecule has 0 aliphatic carbocycles. The molecule has 4 aliphatic heterocycles. The maximum Gasteiger partial charge on any atom is 0.254 e. The molecule has 4 aliphatic rings. The number of unbranched alkanes of at least 4 members (excludes halogenated alkanes) is 2. The van der Waals surface area contributed by atoms with E-state index < -0.39 is 17.2 Å². The first kappa shape index (κ1) is 34.7. The topological polar surface area (TPSA) is 95.0 Å². The molecule has 7 nitrogen and oxygen atoms in total. The molecule has 254 valence electrons. The van der Waals surface area contributed by atoms with Crippen molar-refractivity contribution in [1.29, 1.82) is 0 Å².